The summed E-state index contributed by atoms with van der Waals surface area (Å²) in [5.41, 5.74) is 0.576. The minimum atomic E-state index is -1.41. The third-order valence-electron chi connectivity index (χ3n) is 1.75. The smallest absolute Gasteiger partial charge is 0.145 e. The lowest BCUT2D eigenvalue weighted by Gasteiger charge is -2.14. The molecule has 1 aromatic rings. The number of rotatable bonds is 2. The summed E-state index contributed by atoms with van der Waals surface area (Å²) in [6.07, 6.45) is 1.60. The van der Waals surface area contributed by atoms with Crippen LogP contribution in [0.1, 0.15) is 12.5 Å². The van der Waals surface area contributed by atoms with E-state index in [4.69, 9.17) is 0 Å². The average molecular weight is 218 g/mol. The molecule has 0 aliphatic carbocycles. The van der Waals surface area contributed by atoms with Gasteiger partial charge < -0.3 is 0 Å². The first-order valence-electron chi connectivity index (χ1n) is 3.83. The largest absolute Gasteiger partial charge is 0.255 e. The Morgan fingerprint density at radius 1 is 1.38 bits per heavy atom. The second-order valence-corrected chi connectivity index (χ2v) is 5.52. The van der Waals surface area contributed by atoms with Gasteiger partial charge >= 0.3 is 0 Å². The predicted molar refractivity (Wildman–Crippen MR) is 56.9 cm³/mol. The van der Waals surface area contributed by atoms with Crippen LogP contribution in [0.5, 0.6) is 0 Å². The molecule has 1 aromatic carbocycles. The van der Waals surface area contributed by atoms with Crippen molar-refractivity contribution in [2.24, 2.45) is 0 Å². The maximum absolute atomic E-state index is 13.3. The van der Waals surface area contributed by atoms with E-state index in [-0.39, 0.29) is 0 Å². The van der Waals surface area contributed by atoms with Gasteiger partial charge in [0.2, 0.25) is 0 Å². The summed E-state index contributed by atoms with van der Waals surface area (Å²) < 4.78 is 24.4. The zero-order valence-electron chi connectivity index (χ0n) is 7.58. The Kier molecular flexibility index (Phi) is 3.20. The molecular formula is C9H12FOPS. The van der Waals surface area contributed by atoms with Gasteiger partial charge in [0, 0.05) is 22.0 Å². The van der Waals surface area contributed by atoms with Crippen molar-refractivity contribution in [1.29, 1.82) is 0 Å². The van der Waals surface area contributed by atoms with Crippen molar-refractivity contribution in [3.63, 3.8) is 0 Å². The predicted octanol–water partition coefficient (Wildman–Crippen LogP) is 2.44. The standard InChI is InChI=1S/C9H12FOPS/c1-9(10,12)7-3-5-8(6-4-7)13(2)11/h3-6H,12H2,1-2H3/t9?,13-/m1/s1. The second-order valence-electron chi connectivity index (χ2n) is 3.05. The van der Waals surface area contributed by atoms with E-state index in [0.29, 0.717) is 5.56 Å². The van der Waals surface area contributed by atoms with E-state index in [9.17, 15) is 8.60 Å². The Morgan fingerprint density at radius 3 is 2.15 bits per heavy atom. The van der Waals surface area contributed by atoms with E-state index in [2.05, 4.69) is 9.24 Å². The van der Waals surface area contributed by atoms with Crippen molar-refractivity contribution in [3.8, 4) is 0 Å². The van der Waals surface area contributed by atoms with Gasteiger partial charge in [-0.15, -0.1) is 0 Å². The normalized spacial score (nSPS) is 17.8. The summed E-state index contributed by atoms with van der Waals surface area (Å²) >= 11 is 0. The van der Waals surface area contributed by atoms with Crippen molar-refractivity contribution in [3.05, 3.63) is 29.8 Å². The van der Waals surface area contributed by atoms with E-state index in [1.807, 2.05) is 0 Å². The summed E-state index contributed by atoms with van der Waals surface area (Å²) in [4.78, 5) is 0.720. The average Bonchev–Trinajstić information content (AvgIpc) is 2.03. The lowest BCUT2D eigenvalue weighted by molar-refractivity contribution is 0.323. The Labute approximate surface area is 82.4 Å². The van der Waals surface area contributed by atoms with Gasteiger partial charge in [0.05, 0.1) is 0 Å². The van der Waals surface area contributed by atoms with Crippen LogP contribution in [0.15, 0.2) is 29.2 Å². The summed E-state index contributed by atoms with van der Waals surface area (Å²) in [7, 11) is 1.13. The SMILES string of the molecule is C[S@@](=O)c1ccc(C(C)(F)P)cc1. The first-order chi connectivity index (χ1) is 5.91. The molecule has 0 aromatic heterocycles. The molecule has 0 fully saturated rings. The van der Waals surface area contributed by atoms with Gasteiger partial charge in [-0.1, -0.05) is 21.4 Å². The highest BCUT2D eigenvalue weighted by Crippen LogP contribution is 2.32. The molecule has 0 saturated carbocycles. The van der Waals surface area contributed by atoms with Crippen LogP contribution < -0.4 is 0 Å². The highest BCUT2D eigenvalue weighted by Gasteiger charge is 2.18. The number of alkyl halides is 1. The van der Waals surface area contributed by atoms with Crippen LogP contribution in [0.2, 0.25) is 0 Å². The minimum Gasteiger partial charge on any atom is -0.255 e. The van der Waals surface area contributed by atoms with Gasteiger partial charge in [0.1, 0.15) is 5.41 Å². The zero-order chi connectivity index (χ0) is 10.1. The monoisotopic (exact) mass is 218 g/mol. The molecule has 0 spiro atoms. The summed E-state index contributed by atoms with van der Waals surface area (Å²) in [5.74, 6) is 0. The first kappa shape index (κ1) is 10.8. The Hall–Kier alpha value is -0.270. The van der Waals surface area contributed by atoms with Crippen LogP contribution in [0.3, 0.4) is 0 Å². The van der Waals surface area contributed by atoms with Crippen LogP contribution in [-0.4, -0.2) is 10.5 Å². The lowest BCUT2D eigenvalue weighted by atomic mass is 10.1. The van der Waals surface area contributed by atoms with Gasteiger partial charge in [-0.2, -0.15) is 0 Å². The fraction of sp³-hybridized carbons (Fsp3) is 0.333. The highest BCUT2D eigenvalue weighted by molar-refractivity contribution is 7.84. The van der Waals surface area contributed by atoms with E-state index < -0.39 is 16.2 Å². The highest BCUT2D eigenvalue weighted by atomic mass is 32.2. The van der Waals surface area contributed by atoms with Gasteiger partial charge in [-0.3, -0.25) is 4.21 Å². The molecule has 0 aliphatic rings. The number of hydrogen-bond donors (Lipinski definition) is 0. The second kappa shape index (κ2) is 3.85. The molecule has 3 atom stereocenters. The number of benzene rings is 1. The molecular weight excluding hydrogens is 206 g/mol. The third-order valence-corrected chi connectivity index (χ3v) is 3.02. The number of hydrogen-bond acceptors (Lipinski definition) is 1. The molecule has 0 aliphatic heterocycles. The van der Waals surface area contributed by atoms with Crippen molar-refractivity contribution >= 4 is 20.0 Å². The molecule has 72 valence electrons. The van der Waals surface area contributed by atoms with Crippen molar-refractivity contribution in [2.45, 2.75) is 17.2 Å². The van der Waals surface area contributed by atoms with Crippen molar-refractivity contribution in [2.75, 3.05) is 6.26 Å². The van der Waals surface area contributed by atoms with E-state index in [1.165, 1.54) is 6.92 Å². The lowest BCUT2D eigenvalue weighted by Crippen LogP contribution is -2.04. The van der Waals surface area contributed by atoms with Crippen LogP contribution in [0.4, 0.5) is 4.39 Å². The van der Waals surface area contributed by atoms with E-state index in [1.54, 1.807) is 30.5 Å². The maximum atomic E-state index is 13.3. The molecule has 1 rings (SSSR count). The van der Waals surface area contributed by atoms with Gasteiger partial charge in [0.15, 0.2) is 0 Å². The molecule has 0 saturated heterocycles. The Bertz CT molecular complexity index is 315. The maximum Gasteiger partial charge on any atom is 0.145 e. The zero-order valence-corrected chi connectivity index (χ0v) is 9.55. The first-order valence-corrected chi connectivity index (χ1v) is 5.96. The van der Waals surface area contributed by atoms with Crippen molar-refractivity contribution in [1.82, 2.24) is 0 Å². The van der Waals surface area contributed by atoms with Gasteiger partial charge in [0.25, 0.3) is 0 Å². The van der Waals surface area contributed by atoms with Crippen LogP contribution in [0, 0.1) is 0 Å². The molecule has 13 heavy (non-hydrogen) atoms. The van der Waals surface area contributed by atoms with Crippen LogP contribution >= 0.6 is 9.24 Å². The fourth-order valence-electron chi connectivity index (χ4n) is 0.972. The summed E-state index contributed by atoms with van der Waals surface area (Å²) in [6.45, 7) is 1.47. The van der Waals surface area contributed by atoms with Crippen LogP contribution in [-0.2, 0) is 16.2 Å². The minimum absolute atomic E-state index is 0.576. The van der Waals surface area contributed by atoms with E-state index >= 15 is 0 Å². The number of halogens is 1. The van der Waals surface area contributed by atoms with E-state index in [0.717, 1.165) is 4.90 Å². The molecule has 0 amide bonds. The van der Waals surface area contributed by atoms with Crippen LogP contribution in [0.25, 0.3) is 0 Å². The molecule has 1 nitrogen and oxygen atoms in total. The summed E-state index contributed by atoms with van der Waals surface area (Å²) in [6, 6.07) is 6.69. The van der Waals surface area contributed by atoms with Gasteiger partial charge in [-0.25, -0.2) is 4.39 Å². The molecule has 0 N–H and O–H groups in total. The fourth-order valence-corrected chi connectivity index (χ4v) is 1.68. The third kappa shape index (κ3) is 2.85. The topological polar surface area (TPSA) is 17.1 Å². The Morgan fingerprint density at radius 2 is 1.85 bits per heavy atom. The molecule has 0 heterocycles. The molecule has 0 bridgehead atoms. The molecule has 2 unspecified atom stereocenters. The van der Waals surface area contributed by atoms with Gasteiger partial charge in [-0.05, 0) is 24.6 Å². The molecule has 4 heteroatoms. The Balaban J connectivity index is 3.01. The quantitative estimate of drug-likeness (QED) is 0.697. The molecule has 0 radical (unpaired) electrons. The summed E-state index contributed by atoms with van der Waals surface area (Å²) in [5, 5.41) is -1.41. The van der Waals surface area contributed by atoms with Crippen molar-refractivity contribution < 1.29 is 8.60 Å².